The van der Waals surface area contributed by atoms with E-state index in [-0.39, 0.29) is 23.8 Å². The minimum atomic E-state index is -0.375. The van der Waals surface area contributed by atoms with Crippen molar-refractivity contribution in [2.75, 3.05) is 0 Å². The van der Waals surface area contributed by atoms with E-state index in [1.807, 2.05) is 0 Å². The van der Waals surface area contributed by atoms with Gasteiger partial charge in [-0.3, -0.25) is 14.7 Å². The second-order valence-corrected chi connectivity index (χ2v) is 16.0. The molecule has 2 aromatic heterocycles. The van der Waals surface area contributed by atoms with E-state index in [4.69, 9.17) is 29.3 Å². The molecule has 22 heteroatoms. The van der Waals surface area contributed by atoms with Gasteiger partial charge in [0.15, 0.2) is 17.2 Å². The fourth-order valence-corrected chi connectivity index (χ4v) is 7.74. The van der Waals surface area contributed by atoms with Crippen molar-refractivity contribution in [3.05, 3.63) is 81.4 Å². The van der Waals surface area contributed by atoms with Gasteiger partial charge in [-0.1, -0.05) is 0 Å². The van der Waals surface area contributed by atoms with E-state index in [0.717, 1.165) is 8.95 Å². The number of benzene rings is 3. The highest BCUT2D eigenvalue weighted by Gasteiger charge is 2.21. The zero-order chi connectivity index (χ0) is 33.1. The molecule has 0 saturated heterocycles. The predicted octanol–water partition coefficient (Wildman–Crippen LogP) is 11.5. The van der Waals surface area contributed by atoms with Crippen molar-refractivity contribution in [2.24, 2.45) is 0 Å². The second kappa shape index (κ2) is 16.3. The largest absolute Gasteiger partial charge is 0.376 e. The minimum Gasteiger partial charge on any atom is -0.285 e. The van der Waals surface area contributed by atoms with Crippen LogP contribution in [0.4, 0.5) is 0 Å². The maximum Gasteiger partial charge on any atom is 0.376 e. The molecule has 0 N–H and O–H groups in total. The first kappa shape index (κ1) is 36.6. The summed E-state index contributed by atoms with van der Waals surface area (Å²) in [5.74, 6) is 0.830. The summed E-state index contributed by atoms with van der Waals surface area (Å²) in [6, 6.07) is 7.37. The third kappa shape index (κ3) is 8.52. The summed E-state index contributed by atoms with van der Waals surface area (Å²) in [6.07, 6.45) is 1.53. The van der Waals surface area contributed by atoms with Crippen molar-refractivity contribution in [2.45, 2.75) is 0 Å². The first-order chi connectivity index (χ1) is 21.9. The van der Waals surface area contributed by atoms with Crippen molar-refractivity contribution < 1.29 is 29.3 Å². The Morgan fingerprint density at radius 2 is 0.891 bits per heavy atom. The molecule has 0 bridgehead atoms. The topological polar surface area (TPSA) is 133 Å². The maximum atomic E-state index is 5.64. The average Bonchev–Trinajstić information content (AvgIpc) is 3.04. The molecule has 0 unspecified atom stereocenters. The molecule has 0 spiro atoms. The molecule has 0 fully saturated rings. The van der Waals surface area contributed by atoms with Gasteiger partial charge in [0.25, 0.3) is 0 Å². The van der Waals surface area contributed by atoms with Crippen molar-refractivity contribution in [1.82, 2.24) is 30.4 Å². The van der Waals surface area contributed by atoms with Gasteiger partial charge in [-0.25, -0.2) is 14.7 Å². The third-order valence-electron chi connectivity index (χ3n) is 5.19. The fourth-order valence-electron chi connectivity index (χ4n) is 3.10. The Balaban J connectivity index is 1.44. The Hall–Kier alpha value is -0.720. The van der Waals surface area contributed by atoms with E-state index in [0.29, 0.717) is 58.5 Å². The van der Waals surface area contributed by atoms with E-state index < -0.39 is 0 Å². The van der Waals surface area contributed by atoms with Gasteiger partial charge in [-0.05, 0) is 195 Å². The zero-order valence-corrected chi connectivity index (χ0v) is 37.2. The van der Waals surface area contributed by atoms with Crippen LogP contribution in [0.25, 0.3) is 11.1 Å². The summed E-state index contributed by atoms with van der Waals surface area (Å²) in [7, 11) is 0. The van der Waals surface area contributed by atoms with Gasteiger partial charge in [-0.15, -0.1) is 25.1 Å². The summed E-state index contributed by atoms with van der Waals surface area (Å²) >= 11 is 34.6. The summed E-state index contributed by atoms with van der Waals surface area (Å²) < 4.78 is 6.34. The first-order valence-corrected chi connectivity index (χ1v) is 19.5. The highest BCUT2D eigenvalue weighted by Crippen LogP contribution is 2.45. The van der Waals surface area contributed by atoms with Crippen LogP contribution in [0.1, 0.15) is 0 Å². The van der Waals surface area contributed by atoms with Crippen LogP contribution >= 0.6 is 159 Å². The number of nitrogens with zero attached hydrogens (tertiary/aromatic N) is 6. The molecule has 0 aliphatic rings. The van der Waals surface area contributed by atoms with E-state index >= 15 is 0 Å². The smallest absolute Gasteiger partial charge is 0.285 e. The van der Waals surface area contributed by atoms with Crippen LogP contribution in [0.3, 0.4) is 0 Å². The lowest BCUT2D eigenvalue weighted by molar-refractivity contribution is -0.134. The quantitative estimate of drug-likeness (QED) is 0.0749. The number of aromatic nitrogens is 6. The van der Waals surface area contributed by atoms with Crippen molar-refractivity contribution in [3.63, 3.8) is 0 Å². The van der Waals surface area contributed by atoms with E-state index in [9.17, 15) is 0 Å². The first-order valence-electron chi connectivity index (χ1n) is 11.5. The second-order valence-electron chi connectivity index (χ2n) is 8.03. The van der Waals surface area contributed by atoms with Gasteiger partial charge in [0.1, 0.15) is 4.60 Å². The molecule has 2 heterocycles. The molecule has 0 atom stereocenters. The lowest BCUT2D eigenvalue weighted by Gasteiger charge is -2.13. The molecule has 0 saturated carbocycles. The van der Waals surface area contributed by atoms with Gasteiger partial charge >= 0.3 is 18.0 Å². The summed E-state index contributed by atoms with van der Waals surface area (Å²) in [4.78, 5) is 45.2. The molecule has 5 aromatic rings. The minimum absolute atomic E-state index is 0.221. The van der Waals surface area contributed by atoms with Gasteiger partial charge in [0.2, 0.25) is 0 Å². The molecule has 0 amide bonds. The summed E-state index contributed by atoms with van der Waals surface area (Å²) in [5.41, 5.74) is 1.27. The standard InChI is InChI=1S/C24H6Br10N6O6/c25-9-1-3-11(17(30)15(9)28)41-44-22-36-23(45-42-12-4-2-10(26)16(29)18(12)31)38-24(37-22)46-43-13-5-7(14(27)20(33)19(13)32)8-6-35-40-39-21(8)34/h1-6H. The van der Waals surface area contributed by atoms with Crippen LogP contribution in [-0.2, 0) is 0 Å². The lowest BCUT2D eigenvalue weighted by atomic mass is 10.1. The van der Waals surface area contributed by atoms with Crippen LogP contribution in [0.2, 0.25) is 0 Å². The normalized spacial score (nSPS) is 10.8. The van der Waals surface area contributed by atoms with Crippen molar-refractivity contribution in [3.8, 4) is 46.4 Å². The van der Waals surface area contributed by atoms with Crippen LogP contribution < -0.4 is 29.3 Å². The molecule has 0 aliphatic carbocycles. The number of halogens is 10. The van der Waals surface area contributed by atoms with Gasteiger partial charge < -0.3 is 0 Å². The van der Waals surface area contributed by atoms with Gasteiger partial charge in [0, 0.05) is 33.5 Å². The molecule has 3 aromatic carbocycles. The van der Waals surface area contributed by atoms with Crippen molar-refractivity contribution >= 4 is 159 Å². The Kier molecular flexibility index (Phi) is 13.0. The highest BCUT2D eigenvalue weighted by molar-refractivity contribution is 9.15. The summed E-state index contributed by atoms with van der Waals surface area (Å²) in [6.45, 7) is 0. The molecular formula is C24H6Br10N6O6. The van der Waals surface area contributed by atoms with Crippen LogP contribution in [0, 0.1) is 0 Å². The van der Waals surface area contributed by atoms with E-state index in [1.165, 1.54) is 6.20 Å². The number of hydrogen-bond acceptors (Lipinski definition) is 12. The van der Waals surface area contributed by atoms with Crippen LogP contribution in [0.15, 0.2) is 81.4 Å². The summed E-state index contributed by atoms with van der Waals surface area (Å²) in [5, 5.41) is 11.4. The molecule has 12 nitrogen and oxygen atoms in total. The Morgan fingerprint density at radius 3 is 1.37 bits per heavy atom. The Bertz CT molecular complexity index is 1880. The van der Waals surface area contributed by atoms with Gasteiger partial charge in [0.05, 0.1) is 24.1 Å². The van der Waals surface area contributed by atoms with Crippen LogP contribution in [0.5, 0.6) is 35.3 Å². The SMILES string of the molecule is Brc1ccc(OOc2nc(OOc3ccc(Br)c(Br)c3Br)nc(OOc3cc(-c4cnnnc4Br)c(Br)c(Br)c3Br)n2)c(Br)c1Br. The maximum absolute atomic E-state index is 5.64. The zero-order valence-electron chi connectivity index (χ0n) is 21.4. The molecule has 5 rings (SSSR count). The Labute approximate surface area is 342 Å². The molecular weight excluding hydrogens is 1270 g/mol. The number of rotatable bonds is 10. The van der Waals surface area contributed by atoms with E-state index in [1.54, 1.807) is 30.3 Å². The fraction of sp³-hybridized carbons (Fsp3) is 0. The lowest BCUT2D eigenvalue weighted by Crippen LogP contribution is -2.12. The third-order valence-corrected chi connectivity index (χ3v) is 15.9. The highest BCUT2D eigenvalue weighted by atomic mass is 79.9. The van der Waals surface area contributed by atoms with Crippen LogP contribution in [-0.4, -0.2) is 30.4 Å². The van der Waals surface area contributed by atoms with Gasteiger partial charge in [-0.2, -0.15) is 0 Å². The Morgan fingerprint density at radius 1 is 0.435 bits per heavy atom. The van der Waals surface area contributed by atoms with E-state index in [2.05, 4.69) is 190 Å². The molecule has 238 valence electrons. The monoisotopic (exact) mass is 1260 g/mol. The predicted molar refractivity (Wildman–Crippen MR) is 199 cm³/mol. The number of hydrogen-bond donors (Lipinski definition) is 0. The van der Waals surface area contributed by atoms with Crippen molar-refractivity contribution in [1.29, 1.82) is 0 Å². The molecule has 0 aliphatic heterocycles. The molecule has 46 heavy (non-hydrogen) atoms. The average molecular weight is 1270 g/mol. The molecule has 0 radical (unpaired) electrons.